The first-order chi connectivity index (χ1) is 12.9. The average Bonchev–Trinajstić information content (AvgIpc) is 2.65. The minimum atomic E-state index is -0.549. The summed E-state index contributed by atoms with van der Waals surface area (Å²) in [5.74, 6) is 0.108. The van der Waals surface area contributed by atoms with Gasteiger partial charge in [0.2, 0.25) is 5.91 Å². The van der Waals surface area contributed by atoms with Crippen molar-refractivity contribution in [3.63, 3.8) is 0 Å². The number of carbonyl (C=O) groups is 1. The van der Waals surface area contributed by atoms with E-state index in [1.807, 2.05) is 0 Å². The van der Waals surface area contributed by atoms with Crippen molar-refractivity contribution in [1.82, 2.24) is 4.57 Å². The van der Waals surface area contributed by atoms with Gasteiger partial charge in [-0.1, -0.05) is 6.07 Å². The largest absolute Gasteiger partial charge is 0.493 e. The van der Waals surface area contributed by atoms with E-state index in [1.165, 1.54) is 37.0 Å². The van der Waals surface area contributed by atoms with Crippen molar-refractivity contribution in [1.29, 1.82) is 0 Å². The lowest BCUT2D eigenvalue weighted by molar-refractivity contribution is -0.116. The van der Waals surface area contributed by atoms with Crippen LogP contribution in [0.1, 0.15) is 5.69 Å². The van der Waals surface area contributed by atoms with Crippen molar-refractivity contribution < 1.29 is 18.7 Å². The second-order valence-electron chi connectivity index (χ2n) is 5.99. The van der Waals surface area contributed by atoms with Crippen molar-refractivity contribution in [2.45, 2.75) is 13.5 Å². The molecule has 3 rings (SSSR count). The number of hydrogen-bond donors (Lipinski definition) is 1. The van der Waals surface area contributed by atoms with Crippen LogP contribution in [0.25, 0.3) is 10.9 Å². The Hall–Kier alpha value is -3.35. The number of aryl methyl sites for hydroxylation is 1. The number of benzene rings is 2. The van der Waals surface area contributed by atoms with Crippen LogP contribution in [-0.2, 0) is 11.3 Å². The van der Waals surface area contributed by atoms with Gasteiger partial charge in [0.15, 0.2) is 16.9 Å². The summed E-state index contributed by atoms with van der Waals surface area (Å²) in [6.07, 6.45) is 0. The molecule has 1 aromatic heterocycles. The average molecular weight is 370 g/mol. The normalized spacial score (nSPS) is 10.7. The molecule has 1 amide bonds. The maximum atomic E-state index is 14.3. The number of halogens is 1. The van der Waals surface area contributed by atoms with E-state index in [0.29, 0.717) is 22.9 Å². The molecule has 140 valence electrons. The summed E-state index contributed by atoms with van der Waals surface area (Å²) in [6.45, 7) is 1.52. The Morgan fingerprint density at radius 3 is 2.56 bits per heavy atom. The van der Waals surface area contributed by atoms with E-state index in [2.05, 4.69) is 5.32 Å². The Kier molecular flexibility index (Phi) is 5.12. The van der Waals surface area contributed by atoms with Gasteiger partial charge in [0.1, 0.15) is 12.4 Å². The first kappa shape index (κ1) is 18.4. The molecular formula is C20H19FN2O4. The van der Waals surface area contributed by atoms with Gasteiger partial charge >= 0.3 is 0 Å². The molecule has 2 aromatic carbocycles. The summed E-state index contributed by atoms with van der Waals surface area (Å²) < 4.78 is 26.2. The number of anilines is 1. The predicted molar refractivity (Wildman–Crippen MR) is 101 cm³/mol. The molecule has 3 aromatic rings. The number of hydrogen-bond acceptors (Lipinski definition) is 4. The number of carbonyl (C=O) groups excluding carboxylic acids is 1. The molecular weight excluding hydrogens is 351 g/mol. The zero-order valence-electron chi connectivity index (χ0n) is 15.2. The molecule has 6 nitrogen and oxygen atoms in total. The molecule has 0 bridgehead atoms. The summed E-state index contributed by atoms with van der Waals surface area (Å²) in [7, 11) is 3.02. The fourth-order valence-electron chi connectivity index (χ4n) is 2.97. The van der Waals surface area contributed by atoms with Crippen molar-refractivity contribution in [2.75, 3.05) is 19.5 Å². The fourth-order valence-corrected chi connectivity index (χ4v) is 2.97. The van der Waals surface area contributed by atoms with Crippen LogP contribution >= 0.6 is 0 Å². The van der Waals surface area contributed by atoms with Gasteiger partial charge in [0.05, 0.1) is 19.7 Å². The van der Waals surface area contributed by atoms with Crippen LogP contribution in [0, 0.1) is 12.7 Å². The molecule has 0 fully saturated rings. The van der Waals surface area contributed by atoms with E-state index in [9.17, 15) is 14.0 Å². The molecule has 0 radical (unpaired) electrons. The molecule has 1 N–H and O–H groups in total. The molecule has 1 heterocycles. The number of ether oxygens (including phenoxy) is 2. The predicted octanol–water partition coefficient (Wildman–Crippen LogP) is 3.10. The van der Waals surface area contributed by atoms with Crippen molar-refractivity contribution >= 4 is 22.5 Å². The third kappa shape index (κ3) is 3.62. The summed E-state index contributed by atoms with van der Waals surface area (Å²) in [5, 5.41) is 2.98. The molecule has 0 spiro atoms. The van der Waals surface area contributed by atoms with E-state index < -0.39 is 5.82 Å². The van der Waals surface area contributed by atoms with Crippen molar-refractivity contribution in [3.8, 4) is 11.5 Å². The van der Waals surface area contributed by atoms with Gasteiger partial charge in [-0.3, -0.25) is 9.59 Å². The topological polar surface area (TPSA) is 69.6 Å². The van der Waals surface area contributed by atoms with Crippen LogP contribution in [0.15, 0.2) is 47.3 Å². The monoisotopic (exact) mass is 370 g/mol. The lowest BCUT2D eigenvalue weighted by Gasteiger charge is -2.15. The van der Waals surface area contributed by atoms with Crippen molar-refractivity contribution in [3.05, 3.63) is 64.2 Å². The molecule has 0 aliphatic carbocycles. The van der Waals surface area contributed by atoms with Gasteiger partial charge in [-0.05, 0) is 31.2 Å². The van der Waals surface area contributed by atoms with Crippen LogP contribution < -0.4 is 20.2 Å². The maximum Gasteiger partial charge on any atom is 0.244 e. The Labute approximate surface area is 155 Å². The lowest BCUT2D eigenvalue weighted by Crippen LogP contribution is -2.22. The van der Waals surface area contributed by atoms with E-state index in [0.717, 1.165) is 0 Å². The minimum absolute atomic E-state index is 0.116. The smallest absolute Gasteiger partial charge is 0.244 e. The third-order valence-electron chi connectivity index (χ3n) is 4.26. The highest BCUT2D eigenvalue weighted by atomic mass is 19.1. The van der Waals surface area contributed by atoms with Gasteiger partial charge in [0.25, 0.3) is 0 Å². The maximum absolute atomic E-state index is 14.3. The second kappa shape index (κ2) is 7.49. The Balaban J connectivity index is 1.92. The molecule has 0 unspecified atom stereocenters. The number of methoxy groups -OCH3 is 2. The van der Waals surface area contributed by atoms with E-state index in [1.54, 1.807) is 31.2 Å². The van der Waals surface area contributed by atoms with Crippen LogP contribution in [-0.4, -0.2) is 24.7 Å². The lowest BCUT2D eigenvalue weighted by atomic mass is 10.1. The fraction of sp³-hybridized carbons (Fsp3) is 0.200. The highest BCUT2D eigenvalue weighted by molar-refractivity contribution is 5.92. The zero-order chi connectivity index (χ0) is 19.6. The van der Waals surface area contributed by atoms with Gasteiger partial charge in [-0.15, -0.1) is 0 Å². The molecule has 0 aliphatic heterocycles. The highest BCUT2D eigenvalue weighted by Gasteiger charge is 2.14. The molecule has 0 saturated carbocycles. The number of nitrogens with zero attached hydrogens (tertiary/aromatic N) is 1. The van der Waals surface area contributed by atoms with Crippen LogP contribution in [0.3, 0.4) is 0 Å². The van der Waals surface area contributed by atoms with Gasteiger partial charge in [-0.25, -0.2) is 4.39 Å². The van der Waals surface area contributed by atoms with E-state index >= 15 is 0 Å². The van der Waals surface area contributed by atoms with E-state index in [-0.39, 0.29) is 28.8 Å². The summed E-state index contributed by atoms with van der Waals surface area (Å²) in [4.78, 5) is 24.6. The number of pyridine rings is 1. The van der Waals surface area contributed by atoms with Crippen LogP contribution in [0.4, 0.5) is 10.1 Å². The summed E-state index contributed by atoms with van der Waals surface area (Å²) in [6, 6.07) is 10.7. The van der Waals surface area contributed by atoms with E-state index in [4.69, 9.17) is 9.47 Å². The number of fused-ring (bicyclic) bond motifs is 1. The molecule has 7 heteroatoms. The second-order valence-corrected chi connectivity index (χ2v) is 5.99. The molecule has 0 saturated heterocycles. The minimum Gasteiger partial charge on any atom is -0.493 e. The van der Waals surface area contributed by atoms with Crippen molar-refractivity contribution in [2.24, 2.45) is 0 Å². The van der Waals surface area contributed by atoms with Crippen LogP contribution in [0.2, 0.25) is 0 Å². The number of rotatable bonds is 5. The molecule has 27 heavy (non-hydrogen) atoms. The van der Waals surface area contributed by atoms with Crippen LogP contribution in [0.5, 0.6) is 11.5 Å². The number of amides is 1. The first-order valence-electron chi connectivity index (χ1n) is 8.25. The van der Waals surface area contributed by atoms with Gasteiger partial charge in [0, 0.05) is 28.9 Å². The Morgan fingerprint density at radius 2 is 1.85 bits per heavy atom. The number of nitrogens with one attached hydrogen (secondary N) is 1. The molecule has 0 atom stereocenters. The third-order valence-corrected chi connectivity index (χ3v) is 4.26. The zero-order valence-corrected chi connectivity index (χ0v) is 15.2. The van der Waals surface area contributed by atoms with Gasteiger partial charge in [-0.2, -0.15) is 0 Å². The quantitative estimate of drug-likeness (QED) is 0.749. The summed E-state index contributed by atoms with van der Waals surface area (Å²) >= 11 is 0. The number of para-hydroxylation sites is 1. The highest BCUT2D eigenvalue weighted by Crippen LogP contribution is 2.29. The van der Waals surface area contributed by atoms with Gasteiger partial charge < -0.3 is 19.4 Å². The Bertz CT molecular complexity index is 1080. The molecule has 0 aliphatic rings. The Morgan fingerprint density at radius 1 is 1.11 bits per heavy atom. The number of aromatic nitrogens is 1. The summed E-state index contributed by atoms with van der Waals surface area (Å²) in [5.41, 5.74) is 0.852. The SMILES string of the molecule is COc1ccc(NC(=O)Cn2c(C)cc(=O)c3cccc(F)c32)cc1OC. The first-order valence-corrected chi connectivity index (χ1v) is 8.25. The standard InChI is InChI=1S/C20H19FN2O4/c1-12-9-16(24)14-5-4-6-15(21)20(14)23(12)11-19(25)22-13-7-8-17(26-2)18(10-13)27-3/h4-10H,11H2,1-3H3,(H,22,25).